The topological polar surface area (TPSA) is 66.8 Å². The highest BCUT2D eigenvalue weighted by Crippen LogP contribution is 2.41. The highest BCUT2D eigenvalue weighted by Gasteiger charge is 2.49. The summed E-state index contributed by atoms with van der Waals surface area (Å²) in [6.07, 6.45) is 0.681. The summed E-state index contributed by atoms with van der Waals surface area (Å²) in [6, 6.07) is 4.46. The van der Waals surface area contributed by atoms with Gasteiger partial charge in [-0.2, -0.15) is 4.99 Å². The van der Waals surface area contributed by atoms with E-state index in [-0.39, 0.29) is 40.4 Å². The average Bonchev–Trinajstić information content (AvgIpc) is 3.00. The summed E-state index contributed by atoms with van der Waals surface area (Å²) in [5, 5.41) is 0.288. The minimum absolute atomic E-state index is 0.00327. The number of benzene rings is 1. The van der Waals surface area contributed by atoms with E-state index in [1.807, 2.05) is 13.8 Å². The number of aliphatic imine (C=N–C) groups is 1. The van der Waals surface area contributed by atoms with Crippen molar-refractivity contribution in [1.29, 1.82) is 0 Å². The zero-order chi connectivity index (χ0) is 18.4. The molecule has 2 fully saturated rings. The minimum Gasteiger partial charge on any atom is -0.315 e. The maximum absolute atomic E-state index is 14.0. The molecule has 25 heavy (non-hydrogen) atoms. The van der Waals surface area contributed by atoms with Crippen molar-refractivity contribution < 1.29 is 17.6 Å². The molecule has 3 rings (SSSR count). The Hall–Kier alpha value is -1.41. The van der Waals surface area contributed by atoms with Gasteiger partial charge in [-0.15, -0.1) is 0 Å². The molecule has 2 heterocycles. The first-order valence-corrected chi connectivity index (χ1v) is 11.0. The average molecular weight is 384 g/mol. The Balaban J connectivity index is 2.02. The quantitative estimate of drug-likeness (QED) is 0.802. The number of amides is 1. The molecule has 0 saturated carbocycles. The Bertz CT molecular complexity index is 838. The molecule has 5 nitrogen and oxygen atoms in total. The van der Waals surface area contributed by atoms with Gasteiger partial charge in [0.15, 0.2) is 15.0 Å². The monoisotopic (exact) mass is 384 g/mol. The molecule has 136 valence electrons. The van der Waals surface area contributed by atoms with E-state index in [1.54, 1.807) is 24.0 Å². The number of sulfone groups is 1. The second kappa shape index (κ2) is 6.72. The van der Waals surface area contributed by atoms with E-state index in [0.29, 0.717) is 22.8 Å². The van der Waals surface area contributed by atoms with Crippen LogP contribution in [-0.4, -0.2) is 42.3 Å². The van der Waals surface area contributed by atoms with Crippen molar-refractivity contribution >= 4 is 38.4 Å². The van der Waals surface area contributed by atoms with Gasteiger partial charge < -0.3 is 4.90 Å². The Morgan fingerprint density at radius 3 is 2.80 bits per heavy atom. The number of anilines is 1. The fourth-order valence-electron chi connectivity index (χ4n) is 2.98. The van der Waals surface area contributed by atoms with Crippen molar-refractivity contribution in [2.75, 3.05) is 16.4 Å². The smallest absolute Gasteiger partial charge is 0.250 e. The molecule has 3 atom stereocenters. The van der Waals surface area contributed by atoms with Crippen LogP contribution >= 0.6 is 11.8 Å². The van der Waals surface area contributed by atoms with Crippen LogP contribution < -0.4 is 4.90 Å². The summed E-state index contributed by atoms with van der Waals surface area (Å²) in [7, 11) is -3.13. The maximum atomic E-state index is 14.0. The Kier molecular flexibility index (Phi) is 4.94. The van der Waals surface area contributed by atoms with Gasteiger partial charge in [0.25, 0.3) is 5.91 Å². The van der Waals surface area contributed by atoms with Gasteiger partial charge in [0.1, 0.15) is 5.82 Å². The summed E-state index contributed by atoms with van der Waals surface area (Å²) >= 11 is 1.31. The number of carbonyl (C=O) groups excluding carboxylic acids is 1. The molecule has 2 saturated heterocycles. The number of hydrogen-bond acceptors (Lipinski definition) is 4. The molecular formula is C17H21FN2O3S2. The van der Waals surface area contributed by atoms with Crippen LogP contribution in [0.15, 0.2) is 23.2 Å². The third-order valence-electron chi connectivity index (χ3n) is 4.74. The third-order valence-corrected chi connectivity index (χ3v) is 7.95. The number of rotatable bonds is 3. The molecule has 0 aliphatic carbocycles. The first-order valence-electron chi connectivity index (χ1n) is 8.27. The zero-order valence-electron chi connectivity index (χ0n) is 14.4. The number of nitrogens with zero attached hydrogens (tertiary/aromatic N) is 2. The Morgan fingerprint density at radius 1 is 1.44 bits per heavy atom. The van der Waals surface area contributed by atoms with E-state index in [0.717, 1.165) is 0 Å². The van der Waals surface area contributed by atoms with Gasteiger partial charge in [-0.05, 0) is 31.0 Å². The summed E-state index contributed by atoms with van der Waals surface area (Å²) in [5.41, 5.74) is 1.05. The van der Waals surface area contributed by atoms with Gasteiger partial charge in [-0.1, -0.05) is 31.7 Å². The first-order chi connectivity index (χ1) is 11.7. The van der Waals surface area contributed by atoms with Crippen molar-refractivity contribution in [3.8, 4) is 0 Å². The van der Waals surface area contributed by atoms with E-state index in [9.17, 15) is 17.6 Å². The number of thioether (sulfide) groups is 1. The lowest BCUT2D eigenvalue weighted by molar-refractivity contribution is -0.121. The summed E-state index contributed by atoms with van der Waals surface area (Å²) in [5.74, 6) is -0.737. The van der Waals surface area contributed by atoms with Gasteiger partial charge in [-0.25, -0.2) is 12.8 Å². The van der Waals surface area contributed by atoms with E-state index in [4.69, 9.17) is 0 Å². The van der Waals surface area contributed by atoms with Crippen LogP contribution in [0.1, 0.15) is 25.8 Å². The van der Waals surface area contributed by atoms with E-state index >= 15 is 0 Å². The molecule has 1 aromatic carbocycles. The normalized spacial score (nSPS) is 27.5. The molecule has 0 unspecified atom stereocenters. The molecule has 2 aliphatic heterocycles. The molecule has 0 radical (unpaired) electrons. The van der Waals surface area contributed by atoms with Crippen LogP contribution in [-0.2, 0) is 14.6 Å². The second-order valence-corrected chi connectivity index (χ2v) is 10.0. The molecule has 1 amide bonds. The van der Waals surface area contributed by atoms with Gasteiger partial charge in [0.2, 0.25) is 0 Å². The van der Waals surface area contributed by atoms with Crippen LogP contribution in [0.25, 0.3) is 0 Å². The van der Waals surface area contributed by atoms with Crippen LogP contribution in [0.4, 0.5) is 10.1 Å². The lowest BCUT2D eigenvalue weighted by Crippen LogP contribution is -2.38. The fraction of sp³-hybridized carbons (Fsp3) is 0.529. The van der Waals surface area contributed by atoms with Gasteiger partial charge in [0.05, 0.1) is 17.5 Å². The molecule has 0 bridgehead atoms. The number of hydrogen-bond donors (Lipinski definition) is 0. The summed E-state index contributed by atoms with van der Waals surface area (Å²) in [6.45, 7) is 5.40. The van der Waals surface area contributed by atoms with Gasteiger partial charge in [-0.3, -0.25) is 4.79 Å². The number of amidine groups is 1. The minimum atomic E-state index is -3.13. The van der Waals surface area contributed by atoms with Crippen LogP contribution in [0, 0.1) is 18.7 Å². The number of halogens is 1. The van der Waals surface area contributed by atoms with Crippen molar-refractivity contribution in [1.82, 2.24) is 0 Å². The van der Waals surface area contributed by atoms with Crippen LogP contribution in [0.5, 0.6) is 0 Å². The van der Waals surface area contributed by atoms with Gasteiger partial charge in [0, 0.05) is 16.9 Å². The van der Waals surface area contributed by atoms with Crippen molar-refractivity contribution in [3.63, 3.8) is 0 Å². The van der Waals surface area contributed by atoms with Crippen LogP contribution in [0.2, 0.25) is 0 Å². The molecule has 0 spiro atoms. The van der Waals surface area contributed by atoms with Crippen molar-refractivity contribution in [2.24, 2.45) is 10.9 Å². The molecular weight excluding hydrogens is 363 g/mol. The molecule has 2 aliphatic rings. The molecule has 1 aromatic rings. The predicted octanol–water partition coefficient (Wildman–Crippen LogP) is 2.78. The standard InChI is InChI=1S/C17H21FN2O3S2/c1-4-10(2)16(21)19-17-20(12-6-5-11(3)13(18)7-12)14-8-25(22,23)9-15(14)24-17/h5-7,10,14-15H,4,8-9H2,1-3H3/t10-,14+,15+/m1/s1. The molecule has 8 heteroatoms. The molecule has 0 aromatic heterocycles. The first kappa shape index (κ1) is 18.4. The number of fused-ring (bicyclic) bond motifs is 1. The van der Waals surface area contributed by atoms with E-state index in [2.05, 4.69) is 4.99 Å². The zero-order valence-corrected chi connectivity index (χ0v) is 16.0. The summed E-state index contributed by atoms with van der Waals surface area (Å²) < 4.78 is 38.1. The number of aryl methyl sites for hydroxylation is 1. The highest BCUT2D eigenvalue weighted by atomic mass is 32.2. The SMILES string of the molecule is CC[C@@H](C)C(=O)N=C1S[C@H]2CS(=O)(=O)C[C@@H]2N1c1ccc(C)c(F)c1. The fourth-order valence-corrected chi connectivity index (χ4v) is 6.90. The van der Waals surface area contributed by atoms with E-state index in [1.165, 1.54) is 17.8 Å². The van der Waals surface area contributed by atoms with Crippen molar-refractivity contribution in [3.05, 3.63) is 29.6 Å². The summed E-state index contributed by atoms with van der Waals surface area (Å²) in [4.78, 5) is 18.2. The largest absolute Gasteiger partial charge is 0.315 e. The third kappa shape index (κ3) is 3.60. The Morgan fingerprint density at radius 2 is 2.16 bits per heavy atom. The Labute approximate surface area is 151 Å². The van der Waals surface area contributed by atoms with Crippen molar-refractivity contribution in [2.45, 2.75) is 38.5 Å². The van der Waals surface area contributed by atoms with Gasteiger partial charge >= 0.3 is 0 Å². The lowest BCUT2D eigenvalue weighted by atomic mass is 10.1. The second-order valence-electron chi connectivity index (χ2n) is 6.65. The predicted molar refractivity (Wildman–Crippen MR) is 99.3 cm³/mol. The lowest BCUT2D eigenvalue weighted by Gasteiger charge is -2.25. The van der Waals surface area contributed by atoms with Crippen LogP contribution in [0.3, 0.4) is 0 Å². The maximum Gasteiger partial charge on any atom is 0.250 e. The molecule has 0 N–H and O–H groups in total. The van der Waals surface area contributed by atoms with E-state index < -0.39 is 9.84 Å². The highest BCUT2D eigenvalue weighted by molar-refractivity contribution is 8.16. The number of carbonyl (C=O) groups is 1.